The van der Waals surface area contributed by atoms with Gasteiger partial charge in [0, 0.05) is 22.8 Å². The zero-order chi connectivity index (χ0) is 13.8. The predicted molar refractivity (Wildman–Crippen MR) is 70.5 cm³/mol. The van der Waals surface area contributed by atoms with Crippen LogP contribution in [0.2, 0.25) is 0 Å². The summed E-state index contributed by atoms with van der Waals surface area (Å²) in [5.74, 6) is 0.659. The molecule has 0 fully saturated rings. The van der Waals surface area contributed by atoms with Crippen LogP contribution in [0.1, 0.15) is 10.4 Å². The molecule has 1 heterocycles. The summed E-state index contributed by atoms with van der Waals surface area (Å²) in [6.07, 6.45) is 3.57. The van der Waals surface area contributed by atoms with Crippen LogP contribution < -0.4 is 4.74 Å². The molecular formula is C12H7BrN2O4. The number of carbonyl (C=O) groups excluding carboxylic acids is 1. The molecular weight excluding hydrogens is 316 g/mol. The van der Waals surface area contributed by atoms with Crippen molar-refractivity contribution in [3.8, 4) is 11.5 Å². The van der Waals surface area contributed by atoms with E-state index in [4.69, 9.17) is 4.74 Å². The summed E-state index contributed by atoms with van der Waals surface area (Å²) >= 11 is 3.24. The van der Waals surface area contributed by atoms with Gasteiger partial charge in [-0.1, -0.05) is 0 Å². The SMILES string of the molecule is O=Cc1cc([N+](=O)[O-])ccc1Oc1cncc(Br)c1. The normalized spacial score (nSPS) is 9.95. The predicted octanol–water partition coefficient (Wildman–Crippen LogP) is 3.36. The molecule has 0 saturated heterocycles. The number of ether oxygens (including phenoxy) is 1. The van der Waals surface area contributed by atoms with Crippen molar-refractivity contribution in [3.63, 3.8) is 0 Å². The van der Waals surface area contributed by atoms with Gasteiger partial charge in [0.25, 0.3) is 5.69 Å². The monoisotopic (exact) mass is 322 g/mol. The molecule has 0 spiro atoms. The van der Waals surface area contributed by atoms with Crippen LogP contribution in [0, 0.1) is 10.1 Å². The molecule has 0 bridgehead atoms. The van der Waals surface area contributed by atoms with Crippen LogP contribution >= 0.6 is 15.9 Å². The highest BCUT2D eigenvalue weighted by atomic mass is 79.9. The van der Waals surface area contributed by atoms with Gasteiger partial charge in [0.1, 0.15) is 11.5 Å². The summed E-state index contributed by atoms with van der Waals surface area (Å²) < 4.78 is 6.19. The van der Waals surface area contributed by atoms with E-state index in [0.717, 1.165) is 10.5 Å². The van der Waals surface area contributed by atoms with Crippen LogP contribution in [0.5, 0.6) is 11.5 Å². The summed E-state index contributed by atoms with van der Waals surface area (Å²) in [5, 5.41) is 10.6. The number of rotatable bonds is 4. The van der Waals surface area contributed by atoms with E-state index in [1.54, 1.807) is 12.3 Å². The fourth-order valence-electron chi connectivity index (χ4n) is 1.41. The Morgan fingerprint density at radius 2 is 2.11 bits per heavy atom. The van der Waals surface area contributed by atoms with Crippen LogP contribution in [-0.4, -0.2) is 16.2 Å². The van der Waals surface area contributed by atoms with Crippen molar-refractivity contribution in [1.82, 2.24) is 4.98 Å². The topological polar surface area (TPSA) is 82.3 Å². The number of carbonyl (C=O) groups is 1. The lowest BCUT2D eigenvalue weighted by atomic mass is 10.2. The van der Waals surface area contributed by atoms with Crippen LogP contribution in [0.15, 0.2) is 41.1 Å². The first kappa shape index (κ1) is 13.2. The van der Waals surface area contributed by atoms with E-state index < -0.39 is 4.92 Å². The summed E-state index contributed by atoms with van der Waals surface area (Å²) in [6.45, 7) is 0. The number of pyridine rings is 1. The minimum atomic E-state index is -0.572. The van der Waals surface area contributed by atoms with Crippen LogP contribution in [0.4, 0.5) is 5.69 Å². The lowest BCUT2D eigenvalue weighted by Crippen LogP contribution is -1.94. The van der Waals surface area contributed by atoms with Gasteiger partial charge in [-0.15, -0.1) is 0 Å². The fourth-order valence-corrected chi connectivity index (χ4v) is 1.75. The summed E-state index contributed by atoms with van der Waals surface area (Å²) in [7, 11) is 0. The van der Waals surface area contributed by atoms with E-state index >= 15 is 0 Å². The van der Waals surface area contributed by atoms with Gasteiger partial charge < -0.3 is 4.74 Å². The maximum atomic E-state index is 10.9. The first-order valence-electron chi connectivity index (χ1n) is 5.12. The van der Waals surface area contributed by atoms with Crippen molar-refractivity contribution in [3.05, 3.63) is 56.8 Å². The Morgan fingerprint density at radius 3 is 2.74 bits per heavy atom. The molecule has 0 radical (unpaired) electrons. The number of nitro benzene ring substituents is 1. The Morgan fingerprint density at radius 1 is 1.32 bits per heavy atom. The average Bonchev–Trinajstić information content (AvgIpc) is 2.39. The van der Waals surface area contributed by atoms with E-state index in [1.807, 2.05) is 0 Å². The van der Waals surface area contributed by atoms with Gasteiger partial charge in [-0.2, -0.15) is 0 Å². The van der Waals surface area contributed by atoms with Gasteiger partial charge in [-0.25, -0.2) is 0 Å². The molecule has 0 aliphatic heterocycles. The van der Waals surface area contributed by atoms with Crippen molar-refractivity contribution in [2.24, 2.45) is 0 Å². The maximum absolute atomic E-state index is 10.9. The van der Waals surface area contributed by atoms with E-state index in [-0.39, 0.29) is 17.0 Å². The van der Waals surface area contributed by atoms with Crippen molar-refractivity contribution in [2.75, 3.05) is 0 Å². The first-order chi connectivity index (χ1) is 9.10. The highest BCUT2D eigenvalue weighted by Crippen LogP contribution is 2.28. The number of hydrogen-bond acceptors (Lipinski definition) is 5. The standard InChI is InChI=1S/C12H7BrN2O4/c13-9-4-11(6-14-5-9)19-12-2-1-10(15(17)18)3-8(12)7-16/h1-7H. The number of hydrogen-bond donors (Lipinski definition) is 0. The Hall–Kier alpha value is -2.28. The van der Waals surface area contributed by atoms with E-state index in [0.29, 0.717) is 12.0 Å². The molecule has 0 N–H and O–H groups in total. The molecule has 1 aromatic carbocycles. The van der Waals surface area contributed by atoms with E-state index in [2.05, 4.69) is 20.9 Å². The van der Waals surface area contributed by atoms with Crippen LogP contribution in [0.3, 0.4) is 0 Å². The van der Waals surface area contributed by atoms with Crippen molar-refractivity contribution < 1.29 is 14.5 Å². The lowest BCUT2D eigenvalue weighted by molar-refractivity contribution is -0.384. The Balaban J connectivity index is 2.35. The highest BCUT2D eigenvalue weighted by molar-refractivity contribution is 9.10. The number of halogens is 1. The number of aromatic nitrogens is 1. The van der Waals surface area contributed by atoms with Gasteiger partial charge in [0.15, 0.2) is 6.29 Å². The van der Waals surface area contributed by atoms with Gasteiger partial charge in [-0.3, -0.25) is 19.9 Å². The number of nitrogens with zero attached hydrogens (tertiary/aromatic N) is 2. The van der Waals surface area contributed by atoms with Crippen molar-refractivity contribution in [2.45, 2.75) is 0 Å². The van der Waals surface area contributed by atoms with E-state index in [1.165, 1.54) is 18.3 Å². The molecule has 19 heavy (non-hydrogen) atoms. The number of benzene rings is 1. The number of aldehydes is 1. The highest BCUT2D eigenvalue weighted by Gasteiger charge is 2.12. The fraction of sp³-hybridized carbons (Fsp3) is 0. The third-order valence-electron chi connectivity index (χ3n) is 2.24. The summed E-state index contributed by atoms with van der Waals surface area (Å²) in [6, 6.07) is 5.48. The zero-order valence-corrected chi connectivity index (χ0v) is 11.0. The largest absolute Gasteiger partial charge is 0.455 e. The van der Waals surface area contributed by atoms with Crippen molar-refractivity contribution >= 4 is 27.9 Å². The third-order valence-corrected chi connectivity index (χ3v) is 2.67. The molecule has 2 aromatic rings. The molecule has 0 amide bonds. The second-order valence-corrected chi connectivity index (χ2v) is 4.45. The molecule has 0 unspecified atom stereocenters. The quantitative estimate of drug-likeness (QED) is 0.489. The molecule has 2 rings (SSSR count). The number of nitro groups is 1. The molecule has 1 aromatic heterocycles. The average molecular weight is 323 g/mol. The Labute approximate surface area is 116 Å². The minimum Gasteiger partial charge on any atom is -0.455 e. The molecule has 0 atom stereocenters. The molecule has 7 heteroatoms. The van der Waals surface area contributed by atoms with Crippen LogP contribution in [-0.2, 0) is 0 Å². The van der Waals surface area contributed by atoms with Gasteiger partial charge >= 0.3 is 0 Å². The van der Waals surface area contributed by atoms with Gasteiger partial charge in [-0.05, 0) is 28.1 Å². The molecule has 6 nitrogen and oxygen atoms in total. The van der Waals surface area contributed by atoms with Crippen LogP contribution in [0.25, 0.3) is 0 Å². The summed E-state index contributed by atoms with van der Waals surface area (Å²) in [5.41, 5.74) is -0.0593. The zero-order valence-electron chi connectivity index (χ0n) is 9.45. The summed E-state index contributed by atoms with van der Waals surface area (Å²) in [4.78, 5) is 24.9. The molecule has 96 valence electrons. The van der Waals surface area contributed by atoms with Gasteiger partial charge in [0.2, 0.25) is 0 Å². The van der Waals surface area contributed by atoms with E-state index in [9.17, 15) is 14.9 Å². The third kappa shape index (κ3) is 3.14. The maximum Gasteiger partial charge on any atom is 0.270 e. The smallest absolute Gasteiger partial charge is 0.270 e. The molecule has 0 saturated carbocycles. The lowest BCUT2D eigenvalue weighted by Gasteiger charge is -2.07. The minimum absolute atomic E-state index is 0.106. The Bertz CT molecular complexity index is 645. The Kier molecular flexibility index (Phi) is 3.86. The second-order valence-electron chi connectivity index (χ2n) is 3.54. The first-order valence-corrected chi connectivity index (χ1v) is 5.91. The second kappa shape index (κ2) is 5.57. The van der Waals surface area contributed by atoms with Gasteiger partial charge in [0.05, 0.1) is 16.7 Å². The molecule has 0 aliphatic carbocycles. The number of non-ortho nitro benzene ring substituents is 1. The molecule has 0 aliphatic rings. The van der Waals surface area contributed by atoms with Crippen molar-refractivity contribution in [1.29, 1.82) is 0 Å².